The molecule has 2 aromatic carbocycles. The van der Waals surface area contributed by atoms with Crippen LogP contribution >= 0.6 is 0 Å². The minimum absolute atomic E-state index is 0.117. The van der Waals surface area contributed by atoms with Gasteiger partial charge in [-0.3, -0.25) is 4.79 Å². The van der Waals surface area contributed by atoms with Crippen LogP contribution in [0.25, 0.3) is 11.0 Å². The number of anilines is 1. The lowest BCUT2D eigenvalue weighted by molar-refractivity contribution is -0.118. The summed E-state index contributed by atoms with van der Waals surface area (Å²) in [4.78, 5) is 24.6. The van der Waals surface area contributed by atoms with E-state index in [2.05, 4.69) is 11.4 Å². The summed E-state index contributed by atoms with van der Waals surface area (Å²) < 4.78 is 11.2. The third kappa shape index (κ3) is 4.34. The number of benzene rings is 2. The Morgan fingerprint density at radius 1 is 1.00 bits per heavy atom. The number of nitrogens with one attached hydrogen (secondary N) is 1. The predicted octanol–water partition coefficient (Wildman–Crippen LogP) is 4.70. The van der Waals surface area contributed by atoms with Gasteiger partial charge in [-0.2, -0.15) is 0 Å². The molecule has 0 bridgehead atoms. The highest BCUT2D eigenvalue weighted by molar-refractivity contribution is 5.92. The molecule has 0 saturated heterocycles. The molecule has 0 unspecified atom stereocenters. The zero-order valence-electron chi connectivity index (χ0n) is 16.8. The maximum absolute atomic E-state index is 12.4. The van der Waals surface area contributed by atoms with Crippen molar-refractivity contribution in [2.24, 2.45) is 0 Å². The van der Waals surface area contributed by atoms with E-state index in [1.165, 1.54) is 0 Å². The van der Waals surface area contributed by atoms with E-state index in [4.69, 9.17) is 9.15 Å². The molecule has 1 amide bonds. The molecule has 1 aromatic heterocycles. The second kappa shape index (κ2) is 8.11. The molecule has 5 heteroatoms. The summed E-state index contributed by atoms with van der Waals surface area (Å²) >= 11 is 0. The first-order chi connectivity index (χ1) is 14.0. The van der Waals surface area contributed by atoms with Gasteiger partial charge in [0.25, 0.3) is 5.91 Å². The molecule has 0 aliphatic heterocycles. The van der Waals surface area contributed by atoms with Crippen molar-refractivity contribution < 1.29 is 13.9 Å². The molecule has 1 N–H and O–H groups in total. The summed E-state index contributed by atoms with van der Waals surface area (Å²) in [5, 5.41) is 3.82. The van der Waals surface area contributed by atoms with Gasteiger partial charge in [-0.15, -0.1) is 0 Å². The molecule has 1 heterocycles. The lowest BCUT2D eigenvalue weighted by Crippen LogP contribution is -2.20. The second-order valence-corrected chi connectivity index (χ2v) is 7.78. The molecule has 5 nitrogen and oxygen atoms in total. The maximum Gasteiger partial charge on any atom is 0.339 e. The van der Waals surface area contributed by atoms with Crippen molar-refractivity contribution in [3.05, 3.63) is 69.1 Å². The highest BCUT2D eigenvalue weighted by Crippen LogP contribution is 2.28. The van der Waals surface area contributed by atoms with Crippen LogP contribution in [0.4, 0.5) is 5.69 Å². The molecule has 1 aliphatic rings. The monoisotopic (exact) mass is 391 g/mol. The van der Waals surface area contributed by atoms with Gasteiger partial charge in [0.05, 0.1) is 0 Å². The molecular weight excluding hydrogens is 366 g/mol. The number of aryl methyl sites for hydroxylation is 3. The quantitative estimate of drug-likeness (QED) is 0.517. The Morgan fingerprint density at radius 2 is 1.72 bits per heavy atom. The molecule has 0 atom stereocenters. The van der Waals surface area contributed by atoms with Gasteiger partial charge in [0.1, 0.15) is 11.3 Å². The molecule has 29 heavy (non-hydrogen) atoms. The Labute approximate surface area is 169 Å². The fraction of sp³-hybridized carbons (Fsp3) is 0.333. The molecular formula is C24H25NO4. The number of carbonyl (C=O) groups is 1. The molecule has 3 aromatic rings. The minimum atomic E-state index is -0.251. The molecule has 150 valence electrons. The van der Waals surface area contributed by atoms with E-state index in [0.717, 1.165) is 65.4 Å². The van der Waals surface area contributed by atoms with Gasteiger partial charge < -0.3 is 14.5 Å². The average Bonchev–Trinajstić information content (AvgIpc) is 2.92. The first-order valence-corrected chi connectivity index (χ1v) is 10.1. The Hall–Kier alpha value is -3.08. The number of amides is 1. The molecule has 4 rings (SSSR count). The van der Waals surface area contributed by atoms with Crippen LogP contribution in [0.15, 0.2) is 45.6 Å². The third-order valence-corrected chi connectivity index (χ3v) is 5.32. The summed E-state index contributed by atoms with van der Waals surface area (Å²) in [6.45, 7) is 3.86. The minimum Gasteiger partial charge on any atom is -0.484 e. The van der Waals surface area contributed by atoms with E-state index in [1.54, 1.807) is 6.07 Å². The highest BCUT2D eigenvalue weighted by atomic mass is 16.5. The molecule has 0 spiro atoms. The van der Waals surface area contributed by atoms with E-state index in [1.807, 2.05) is 38.1 Å². The highest BCUT2D eigenvalue weighted by Gasteiger charge is 2.17. The van der Waals surface area contributed by atoms with Crippen molar-refractivity contribution in [2.45, 2.75) is 46.0 Å². The van der Waals surface area contributed by atoms with Gasteiger partial charge in [-0.25, -0.2) is 4.79 Å². The van der Waals surface area contributed by atoms with Gasteiger partial charge in [-0.05, 0) is 80.5 Å². The predicted molar refractivity (Wildman–Crippen MR) is 114 cm³/mol. The first kappa shape index (κ1) is 19.2. The summed E-state index contributed by atoms with van der Waals surface area (Å²) in [5.74, 6) is 0.267. The zero-order chi connectivity index (χ0) is 20.4. The Balaban J connectivity index is 1.50. The van der Waals surface area contributed by atoms with Gasteiger partial charge in [0.15, 0.2) is 6.61 Å². The van der Waals surface area contributed by atoms with Crippen LogP contribution in [0.2, 0.25) is 0 Å². The fourth-order valence-corrected chi connectivity index (χ4v) is 4.09. The van der Waals surface area contributed by atoms with Crippen LogP contribution in [0, 0.1) is 13.8 Å². The number of fused-ring (bicyclic) bond motifs is 3. The number of rotatable bonds is 4. The van der Waals surface area contributed by atoms with Gasteiger partial charge in [0, 0.05) is 22.7 Å². The topological polar surface area (TPSA) is 68.5 Å². The molecule has 0 saturated carbocycles. The summed E-state index contributed by atoms with van der Waals surface area (Å²) in [6.07, 6.45) is 4.93. The molecule has 0 fully saturated rings. The smallest absolute Gasteiger partial charge is 0.339 e. The average molecular weight is 391 g/mol. The van der Waals surface area contributed by atoms with Crippen molar-refractivity contribution in [3.63, 3.8) is 0 Å². The summed E-state index contributed by atoms with van der Waals surface area (Å²) in [5.41, 5.74) is 5.12. The maximum atomic E-state index is 12.4. The first-order valence-electron chi connectivity index (χ1n) is 10.1. The zero-order valence-corrected chi connectivity index (χ0v) is 16.8. The van der Waals surface area contributed by atoms with Crippen molar-refractivity contribution in [1.29, 1.82) is 0 Å². The van der Waals surface area contributed by atoms with Crippen LogP contribution in [0.3, 0.4) is 0 Å². The van der Waals surface area contributed by atoms with Gasteiger partial charge in [-0.1, -0.05) is 12.5 Å². The van der Waals surface area contributed by atoms with Gasteiger partial charge >= 0.3 is 5.63 Å². The SMILES string of the molecule is Cc1cc(C)cc(NC(=O)COc2ccc3c4c(c(=O)oc3c2)CCCCC4)c1. The van der Waals surface area contributed by atoms with Crippen molar-refractivity contribution in [1.82, 2.24) is 0 Å². The largest absolute Gasteiger partial charge is 0.484 e. The van der Waals surface area contributed by atoms with E-state index in [0.29, 0.717) is 11.3 Å². The van der Waals surface area contributed by atoms with E-state index in [-0.39, 0.29) is 18.1 Å². The Morgan fingerprint density at radius 3 is 2.48 bits per heavy atom. The Bertz CT molecular complexity index is 1110. The Kier molecular flexibility index (Phi) is 5.38. The number of ether oxygens (including phenoxy) is 1. The number of hydrogen-bond donors (Lipinski definition) is 1. The third-order valence-electron chi connectivity index (χ3n) is 5.32. The lowest BCUT2D eigenvalue weighted by Gasteiger charge is -2.11. The van der Waals surface area contributed by atoms with E-state index >= 15 is 0 Å². The van der Waals surface area contributed by atoms with Crippen LogP contribution in [0.5, 0.6) is 5.75 Å². The lowest BCUT2D eigenvalue weighted by atomic mass is 10.0. The van der Waals surface area contributed by atoms with E-state index < -0.39 is 0 Å². The van der Waals surface area contributed by atoms with Crippen molar-refractivity contribution in [3.8, 4) is 5.75 Å². The summed E-state index contributed by atoms with van der Waals surface area (Å²) in [6, 6.07) is 11.3. The summed E-state index contributed by atoms with van der Waals surface area (Å²) in [7, 11) is 0. The van der Waals surface area contributed by atoms with Crippen molar-refractivity contribution in [2.75, 3.05) is 11.9 Å². The molecule has 1 aliphatic carbocycles. The molecule has 0 radical (unpaired) electrons. The normalized spacial score (nSPS) is 13.6. The van der Waals surface area contributed by atoms with E-state index in [9.17, 15) is 9.59 Å². The van der Waals surface area contributed by atoms with Crippen LogP contribution in [-0.4, -0.2) is 12.5 Å². The standard InChI is InChI=1S/C24H25NO4/c1-15-10-16(2)12-17(11-15)25-23(26)14-28-18-8-9-20-19-6-4-3-5-7-21(19)24(27)29-22(20)13-18/h8-13H,3-7,14H2,1-2H3,(H,25,26). The second-order valence-electron chi connectivity index (χ2n) is 7.78. The van der Waals surface area contributed by atoms with Crippen LogP contribution in [-0.2, 0) is 17.6 Å². The fourth-order valence-electron chi connectivity index (χ4n) is 4.09. The number of hydrogen-bond acceptors (Lipinski definition) is 4. The van der Waals surface area contributed by atoms with Crippen LogP contribution < -0.4 is 15.7 Å². The van der Waals surface area contributed by atoms with Gasteiger partial charge in [0.2, 0.25) is 0 Å². The number of carbonyl (C=O) groups excluding carboxylic acids is 1. The van der Waals surface area contributed by atoms with Crippen LogP contribution in [0.1, 0.15) is 41.5 Å². The van der Waals surface area contributed by atoms with Crippen molar-refractivity contribution >= 4 is 22.6 Å².